The number of ether oxygens (including phenoxy) is 1. The maximum atomic E-state index is 13.6. The second kappa shape index (κ2) is 10.9. The number of amides is 1. The van der Waals surface area contributed by atoms with Gasteiger partial charge in [0.15, 0.2) is 0 Å². The molecule has 1 amide bonds. The van der Waals surface area contributed by atoms with Crippen molar-refractivity contribution in [2.45, 2.75) is 32.6 Å². The number of anilines is 2. The van der Waals surface area contributed by atoms with E-state index in [4.69, 9.17) is 16.3 Å². The highest BCUT2D eigenvalue weighted by Crippen LogP contribution is 2.28. The van der Waals surface area contributed by atoms with Gasteiger partial charge < -0.3 is 10.1 Å². The fourth-order valence-electron chi connectivity index (χ4n) is 3.52. The molecule has 9 heteroatoms. The highest BCUT2D eigenvalue weighted by molar-refractivity contribution is 7.92. The monoisotopic (exact) mass is 514 g/mol. The summed E-state index contributed by atoms with van der Waals surface area (Å²) in [5.74, 6) is -1.20. The Hall–Kier alpha value is -3.36. The molecule has 3 aromatic carbocycles. The summed E-state index contributed by atoms with van der Waals surface area (Å²) in [7, 11) is -4.05. The van der Waals surface area contributed by atoms with E-state index in [1.807, 2.05) is 19.9 Å². The molecule has 3 aromatic rings. The summed E-state index contributed by atoms with van der Waals surface area (Å²) in [6.45, 7) is 6.94. The van der Waals surface area contributed by atoms with Gasteiger partial charge in [0.05, 0.1) is 27.8 Å². The topological polar surface area (TPSA) is 92.8 Å². The van der Waals surface area contributed by atoms with Gasteiger partial charge in [0, 0.05) is 5.69 Å². The van der Waals surface area contributed by atoms with Crippen LogP contribution in [0, 0.1) is 20.8 Å². The number of esters is 1. The van der Waals surface area contributed by atoms with Gasteiger partial charge in [-0.15, -0.1) is 0 Å². The van der Waals surface area contributed by atoms with E-state index in [0.29, 0.717) is 11.3 Å². The van der Waals surface area contributed by atoms with Crippen LogP contribution in [0.4, 0.5) is 11.4 Å². The predicted molar refractivity (Wildman–Crippen MR) is 138 cm³/mol. The van der Waals surface area contributed by atoms with E-state index < -0.39 is 28.4 Å². The van der Waals surface area contributed by atoms with E-state index in [0.717, 1.165) is 15.4 Å². The fraction of sp³-hybridized carbons (Fsp3) is 0.231. The second-order valence-corrected chi connectivity index (χ2v) is 10.3. The van der Waals surface area contributed by atoms with Gasteiger partial charge in [0.2, 0.25) is 5.91 Å². The zero-order chi connectivity index (χ0) is 25.8. The number of hydrogen-bond donors (Lipinski definition) is 1. The van der Waals surface area contributed by atoms with Gasteiger partial charge in [-0.1, -0.05) is 47.0 Å². The SMILES string of the molecule is CCOC(=O)c1cc(NC(=O)CN(c2ccc(C)cc2C)S(=O)(=O)c2ccc(C)cc2)ccc1Cl. The lowest BCUT2D eigenvalue weighted by atomic mass is 10.1. The molecule has 0 spiro atoms. The molecule has 0 bridgehead atoms. The zero-order valence-electron chi connectivity index (χ0n) is 20.0. The Morgan fingerprint density at radius 2 is 1.60 bits per heavy atom. The van der Waals surface area contributed by atoms with E-state index in [1.165, 1.54) is 30.3 Å². The Morgan fingerprint density at radius 1 is 0.943 bits per heavy atom. The Kier molecular flexibility index (Phi) is 8.19. The molecule has 35 heavy (non-hydrogen) atoms. The fourth-order valence-corrected chi connectivity index (χ4v) is 5.20. The average Bonchev–Trinajstić information content (AvgIpc) is 2.79. The van der Waals surface area contributed by atoms with Gasteiger partial charge in [-0.05, 0) is 69.7 Å². The lowest BCUT2D eigenvalue weighted by molar-refractivity contribution is -0.114. The summed E-state index contributed by atoms with van der Waals surface area (Å²) in [4.78, 5) is 25.2. The minimum absolute atomic E-state index is 0.0759. The first kappa shape index (κ1) is 26.2. The summed E-state index contributed by atoms with van der Waals surface area (Å²) < 4.78 is 33.3. The minimum atomic E-state index is -4.05. The van der Waals surface area contributed by atoms with Crippen molar-refractivity contribution >= 4 is 44.9 Å². The molecule has 0 saturated heterocycles. The van der Waals surface area contributed by atoms with E-state index in [2.05, 4.69) is 5.32 Å². The third-order valence-electron chi connectivity index (χ3n) is 5.26. The highest BCUT2D eigenvalue weighted by Gasteiger charge is 2.28. The molecule has 0 unspecified atom stereocenters. The Labute approximate surface area is 210 Å². The summed E-state index contributed by atoms with van der Waals surface area (Å²) >= 11 is 6.10. The maximum Gasteiger partial charge on any atom is 0.339 e. The van der Waals surface area contributed by atoms with Crippen molar-refractivity contribution in [1.29, 1.82) is 0 Å². The van der Waals surface area contributed by atoms with Crippen molar-refractivity contribution in [2.75, 3.05) is 22.8 Å². The van der Waals surface area contributed by atoms with Gasteiger partial charge in [-0.25, -0.2) is 13.2 Å². The van der Waals surface area contributed by atoms with Crippen LogP contribution in [-0.4, -0.2) is 33.4 Å². The molecule has 3 rings (SSSR count). The average molecular weight is 515 g/mol. The van der Waals surface area contributed by atoms with Crippen LogP contribution >= 0.6 is 11.6 Å². The lowest BCUT2D eigenvalue weighted by Gasteiger charge is -2.26. The van der Waals surface area contributed by atoms with Crippen molar-refractivity contribution in [3.63, 3.8) is 0 Å². The van der Waals surface area contributed by atoms with Crippen LogP contribution in [0.1, 0.15) is 34.0 Å². The Balaban J connectivity index is 1.95. The normalized spacial score (nSPS) is 11.1. The predicted octanol–water partition coefficient (Wildman–Crippen LogP) is 5.28. The molecule has 0 fully saturated rings. The number of sulfonamides is 1. The first-order valence-electron chi connectivity index (χ1n) is 11.0. The van der Waals surface area contributed by atoms with Crippen LogP contribution in [0.3, 0.4) is 0 Å². The van der Waals surface area contributed by atoms with Crippen molar-refractivity contribution < 1.29 is 22.7 Å². The largest absolute Gasteiger partial charge is 0.462 e. The Morgan fingerprint density at radius 3 is 2.23 bits per heavy atom. The van der Waals surface area contributed by atoms with E-state index in [-0.39, 0.29) is 27.8 Å². The van der Waals surface area contributed by atoms with Crippen LogP contribution in [0.5, 0.6) is 0 Å². The summed E-state index contributed by atoms with van der Waals surface area (Å²) in [5.41, 5.74) is 3.38. The highest BCUT2D eigenvalue weighted by atomic mass is 35.5. The number of rotatable bonds is 8. The number of nitrogens with zero attached hydrogens (tertiary/aromatic N) is 1. The molecule has 0 heterocycles. The van der Waals surface area contributed by atoms with Crippen molar-refractivity contribution in [3.8, 4) is 0 Å². The number of benzene rings is 3. The van der Waals surface area contributed by atoms with Crippen LogP contribution < -0.4 is 9.62 Å². The molecule has 7 nitrogen and oxygen atoms in total. The van der Waals surface area contributed by atoms with Crippen molar-refractivity contribution in [2.24, 2.45) is 0 Å². The Bertz CT molecular complexity index is 1350. The molecule has 0 saturated carbocycles. The van der Waals surface area contributed by atoms with E-state index in [1.54, 1.807) is 38.1 Å². The smallest absolute Gasteiger partial charge is 0.339 e. The second-order valence-electron chi connectivity index (χ2n) is 8.08. The third kappa shape index (κ3) is 6.21. The minimum Gasteiger partial charge on any atom is -0.462 e. The van der Waals surface area contributed by atoms with Crippen LogP contribution in [-0.2, 0) is 19.6 Å². The van der Waals surface area contributed by atoms with Crippen molar-refractivity contribution in [3.05, 3.63) is 87.9 Å². The first-order valence-corrected chi connectivity index (χ1v) is 12.8. The molecular weight excluding hydrogens is 488 g/mol. The zero-order valence-corrected chi connectivity index (χ0v) is 21.5. The molecule has 184 valence electrons. The van der Waals surface area contributed by atoms with Crippen LogP contribution in [0.2, 0.25) is 5.02 Å². The third-order valence-corrected chi connectivity index (χ3v) is 7.37. The number of carbonyl (C=O) groups excluding carboxylic acids is 2. The summed E-state index contributed by atoms with van der Waals surface area (Å²) in [6.07, 6.45) is 0. The van der Waals surface area contributed by atoms with Crippen molar-refractivity contribution in [1.82, 2.24) is 0 Å². The quantitative estimate of drug-likeness (QED) is 0.413. The molecule has 0 aliphatic carbocycles. The molecule has 0 aromatic heterocycles. The summed E-state index contributed by atoms with van der Waals surface area (Å²) in [6, 6.07) is 16.2. The van der Waals surface area contributed by atoms with Crippen LogP contribution in [0.25, 0.3) is 0 Å². The standard InChI is InChI=1S/C26H27ClN2O5S/c1-5-34-26(31)22-15-20(9-12-23(22)27)28-25(30)16-29(24-13-8-18(3)14-19(24)4)35(32,33)21-10-6-17(2)7-11-21/h6-15H,5,16H2,1-4H3,(H,28,30). The van der Waals surface area contributed by atoms with Gasteiger partial charge in [-0.2, -0.15) is 0 Å². The number of halogens is 1. The van der Waals surface area contributed by atoms with Gasteiger partial charge in [-0.3, -0.25) is 9.10 Å². The van der Waals surface area contributed by atoms with E-state index in [9.17, 15) is 18.0 Å². The van der Waals surface area contributed by atoms with Gasteiger partial charge in [0.1, 0.15) is 6.54 Å². The maximum absolute atomic E-state index is 13.6. The summed E-state index contributed by atoms with van der Waals surface area (Å²) in [5, 5.41) is 2.84. The van der Waals surface area contributed by atoms with E-state index >= 15 is 0 Å². The van der Waals surface area contributed by atoms with Gasteiger partial charge in [0.25, 0.3) is 10.0 Å². The van der Waals surface area contributed by atoms with Gasteiger partial charge >= 0.3 is 5.97 Å². The van der Waals surface area contributed by atoms with Crippen LogP contribution in [0.15, 0.2) is 65.6 Å². The number of carbonyl (C=O) groups is 2. The molecule has 0 atom stereocenters. The lowest BCUT2D eigenvalue weighted by Crippen LogP contribution is -2.38. The molecule has 0 radical (unpaired) electrons. The molecule has 0 aliphatic heterocycles. The molecule has 0 aliphatic rings. The molecule has 1 N–H and O–H groups in total. The number of nitrogens with one attached hydrogen (secondary N) is 1. The first-order chi connectivity index (χ1) is 16.5. The molecular formula is C26H27ClN2O5S. The number of aryl methyl sites for hydroxylation is 3. The number of hydrogen-bond acceptors (Lipinski definition) is 5.